The van der Waals surface area contributed by atoms with Crippen molar-refractivity contribution in [3.05, 3.63) is 53.1 Å². The fraction of sp³-hybridized carbons (Fsp3) is 0.333. The molecular weight excluding hydrogens is 577 g/mol. The molecule has 0 radical (unpaired) electrons. The third kappa shape index (κ3) is 5.39. The van der Waals surface area contributed by atoms with Crippen LogP contribution < -0.4 is 26.5 Å². The van der Waals surface area contributed by atoms with Crippen LogP contribution in [0.3, 0.4) is 0 Å². The molecule has 0 spiro atoms. The molecule has 2 atom stereocenters. The Morgan fingerprint density at radius 3 is 2.92 bits per heavy atom. The molecule has 2 amide bonds. The van der Waals surface area contributed by atoms with Gasteiger partial charge in [0.1, 0.15) is 23.7 Å². The number of nitrogen functional groups attached to an aromatic ring is 1. The van der Waals surface area contributed by atoms with Gasteiger partial charge < -0.3 is 36.1 Å². The number of oxime groups is 1. The minimum Gasteiger partial charge on any atom is -0.543 e. The fourth-order valence-electron chi connectivity index (χ4n) is 4.41. The van der Waals surface area contributed by atoms with Crippen LogP contribution in [0.5, 0.6) is 0 Å². The number of anilines is 1. The summed E-state index contributed by atoms with van der Waals surface area (Å²) >= 11 is 4.15. The van der Waals surface area contributed by atoms with Gasteiger partial charge in [0.25, 0.3) is 11.8 Å². The molecule has 4 aliphatic rings. The number of thioether (sulfide) groups is 2. The predicted molar refractivity (Wildman–Crippen MR) is 149 cm³/mol. The zero-order chi connectivity index (χ0) is 28.4. The zero-order valence-electron chi connectivity index (χ0n) is 21.3. The second-order valence-corrected chi connectivity index (χ2v) is 11.8. The Bertz CT molecular complexity index is 1480. The van der Waals surface area contributed by atoms with Crippen LogP contribution in [0.25, 0.3) is 5.69 Å². The Balaban J connectivity index is 1.33. The summed E-state index contributed by atoms with van der Waals surface area (Å²) in [6.45, 7) is 2.76. The molecule has 1 saturated heterocycles. The Morgan fingerprint density at radius 1 is 1.40 bits per heavy atom. The number of amides is 2. The largest absolute Gasteiger partial charge is 0.543 e. The van der Waals surface area contributed by atoms with Crippen molar-refractivity contribution in [1.29, 1.82) is 0 Å². The van der Waals surface area contributed by atoms with Crippen molar-refractivity contribution >= 4 is 63.5 Å². The third-order valence-corrected chi connectivity index (χ3v) is 9.23. The van der Waals surface area contributed by atoms with E-state index < -0.39 is 29.2 Å². The van der Waals surface area contributed by atoms with Crippen molar-refractivity contribution in [1.82, 2.24) is 19.8 Å². The van der Waals surface area contributed by atoms with Crippen LogP contribution >= 0.6 is 34.9 Å². The summed E-state index contributed by atoms with van der Waals surface area (Å²) in [5.41, 5.74) is 12.7. The topological polar surface area (TPSA) is 185 Å². The zero-order valence-corrected chi connectivity index (χ0v) is 23.8. The van der Waals surface area contributed by atoms with Crippen LogP contribution in [0.1, 0.15) is 12.6 Å². The number of carboxylic acid groups (broad SMARTS) is 1. The summed E-state index contributed by atoms with van der Waals surface area (Å²) in [6, 6.07) is 3.03. The van der Waals surface area contributed by atoms with Gasteiger partial charge in [-0.05, 0) is 12.5 Å². The molecule has 13 nitrogen and oxygen atoms in total. The second-order valence-electron chi connectivity index (χ2n) is 8.73. The van der Waals surface area contributed by atoms with Gasteiger partial charge >= 0.3 is 0 Å². The van der Waals surface area contributed by atoms with Crippen molar-refractivity contribution < 1.29 is 28.9 Å². The maximum atomic E-state index is 13.1. The average molecular weight is 603 g/mol. The smallest absolute Gasteiger partial charge is 0.276 e. The summed E-state index contributed by atoms with van der Waals surface area (Å²) < 4.78 is 3.90. The molecular formula is C24H26N8O5S3. The molecule has 5 rings (SSSR count). The highest BCUT2D eigenvalue weighted by molar-refractivity contribution is 8.00. The van der Waals surface area contributed by atoms with Gasteiger partial charge in [0.2, 0.25) is 10.7 Å². The van der Waals surface area contributed by atoms with E-state index in [1.807, 2.05) is 39.9 Å². The van der Waals surface area contributed by atoms with E-state index in [4.69, 9.17) is 16.3 Å². The number of carbonyl (C=O) groups excluding carboxylic acids is 3. The lowest BCUT2D eigenvalue weighted by atomic mass is 10.0. The second kappa shape index (κ2) is 11.9. The van der Waals surface area contributed by atoms with Crippen LogP contribution in [0.15, 0.2) is 57.6 Å². The number of hydrogen-bond acceptors (Lipinski definition) is 12. The molecule has 1 aromatic rings. The number of fused-ring (bicyclic) bond motifs is 2. The minimum absolute atomic E-state index is 0.125. The standard InChI is InChI=1S/C24H26N8O5S3/c1-2-37-29-17(15-12-40-24(26)27-15)20(33)28-18-21(34)32-19(23(35)36)13(11-39-22(18)32)9-30-6-7-31-14(10-30)3-4-16(31)38-8-5-25/h3-4,6-7,10,12,18,22H,2,5,8-9,11,25H2,1H3,(H3-,26,27,28,33,35,36)/b29-17-/t18-,22-/m1/s1. The van der Waals surface area contributed by atoms with Crippen molar-refractivity contribution in [2.45, 2.75) is 29.9 Å². The fourth-order valence-corrected chi connectivity index (χ4v) is 7.09. The lowest BCUT2D eigenvalue weighted by molar-refractivity contribution is -0.633. The monoisotopic (exact) mass is 602 g/mol. The number of thiazole rings is 1. The lowest BCUT2D eigenvalue weighted by Crippen LogP contribution is -2.71. The van der Waals surface area contributed by atoms with E-state index in [-0.39, 0.29) is 35.4 Å². The highest BCUT2D eigenvalue weighted by Gasteiger charge is 2.53. The normalized spacial score (nSPS) is 19.0. The molecule has 4 aliphatic heterocycles. The quantitative estimate of drug-likeness (QED) is 0.0820. The van der Waals surface area contributed by atoms with E-state index in [9.17, 15) is 19.5 Å². The number of nitrogens with zero attached hydrogens (tertiary/aromatic N) is 5. The van der Waals surface area contributed by atoms with Crippen LogP contribution in [0.2, 0.25) is 0 Å². The van der Waals surface area contributed by atoms with E-state index in [0.29, 0.717) is 17.9 Å². The van der Waals surface area contributed by atoms with Gasteiger partial charge in [0, 0.05) is 42.1 Å². The first-order chi connectivity index (χ1) is 19.3. The van der Waals surface area contributed by atoms with Crippen molar-refractivity contribution in [3.63, 3.8) is 0 Å². The number of nitrogens with one attached hydrogen (secondary N) is 1. The summed E-state index contributed by atoms with van der Waals surface area (Å²) in [6.07, 6.45) is 5.67. The summed E-state index contributed by atoms with van der Waals surface area (Å²) in [5.74, 6) is -1.54. The maximum Gasteiger partial charge on any atom is 0.276 e. The maximum absolute atomic E-state index is 13.1. The van der Waals surface area contributed by atoms with Gasteiger partial charge in [0.15, 0.2) is 17.0 Å². The first-order valence-electron chi connectivity index (χ1n) is 12.3. The molecule has 5 N–H and O–H groups in total. The van der Waals surface area contributed by atoms with Crippen LogP contribution in [0, 0.1) is 0 Å². The highest BCUT2D eigenvalue weighted by Crippen LogP contribution is 2.40. The summed E-state index contributed by atoms with van der Waals surface area (Å²) in [5, 5.41) is 21.0. The van der Waals surface area contributed by atoms with Crippen LogP contribution in [-0.4, -0.2) is 74.0 Å². The first kappa shape index (κ1) is 27.9. The summed E-state index contributed by atoms with van der Waals surface area (Å²) in [7, 11) is 0. The average Bonchev–Trinajstić information content (AvgIpc) is 3.55. The SMILES string of the molecule is CCO/N=C(\C(=O)N[C@@H]1C(=O)N2C(C(=O)[O-])=C(Cn3cc[n+]4c(SCCN)ccc-4c3)CS[C@H]12)c1csc(N)n1. The Kier molecular flexibility index (Phi) is 8.30. The Labute approximate surface area is 241 Å². The number of aromatic nitrogens is 3. The van der Waals surface area contributed by atoms with E-state index in [1.54, 1.807) is 24.1 Å². The first-order valence-corrected chi connectivity index (χ1v) is 15.2. The van der Waals surface area contributed by atoms with Crippen molar-refractivity contribution in [2.24, 2.45) is 10.9 Å². The highest BCUT2D eigenvalue weighted by atomic mass is 32.2. The Hall–Kier alpha value is -3.60. The third-order valence-electron chi connectivity index (χ3n) is 6.15. The molecule has 40 heavy (non-hydrogen) atoms. The van der Waals surface area contributed by atoms with Gasteiger partial charge in [0.05, 0.1) is 24.1 Å². The van der Waals surface area contributed by atoms with E-state index in [2.05, 4.69) is 15.5 Å². The van der Waals surface area contributed by atoms with E-state index in [0.717, 1.165) is 27.8 Å². The molecule has 0 unspecified atom stereocenters. The van der Waals surface area contributed by atoms with E-state index in [1.165, 1.54) is 16.7 Å². The Morgan fingerprint density at radius 2 is 2.23 bits per heavy atom. The molecule has 1 fully saturated rings. The van der Waals surface area contributed by atoms with Crippen LogP contribution in [0.4, 0.5) is 5.13 Å². The molecule has 1 aromatic heterocycles. The number of rotatable bonds is 11. The number of hydrogen-bond donors (Lipinski definition) is 3. The molecule has 16 heteroatoms. The number of β-lactam (4-membered cyclic amide) rings is 1. The molecule has 5 heterocycles. The van der Waals surface area contributed by atoms with Crippen molar-refractivity contribution in [3.8, 4) is 5.69 Å². The van der Waals surface area contributed by atoms with Crippen LogP contribution in [-0.2, 0) is 25.8 Å². The van der Waals surface area contributed by atoms with Crippen molar-refractivity contribution in [2.75, 3.05) is 30.4 Å². The molecule has 0 bridgehead atoms. The number of nitrogens with two attached hydrogens (primary N) is 2. The van der Waals surface area contributed by atoms with Gasteiger partial charge in [-0.2, -0.15) is 4.57 Å². The predicted octanol–water partition coefficient (Wildman–Crippen LogP) is -0.863. The van der Waals surface area contributed by atoms with Gasteiger partial charge in [-0.3, -0.25) is 14.5 Å². The molecule has 0 aliphatic carbocycles. The number of carbonyl (C=O) groups is 3. The van der Waals surface area contributed by atoms with Gasteiger partial charge in [-0.25, -0.2) is 4.98 Å². The molecule has 210 valence electrons. The van der Waals surface area contributed by atoms with Gasteiger partial charge in [-0.15, -0.1) is 23.1 Å². The van der Waals surface area contributed by atoms with E-state index >= 15 is 0 Å². The molecule has 0 saturated carbocycles. The molecule has 0 aromatic carbocycles. The lowest BCUT2D eigenvalue weighted by Gasteiger charge is -2.50. The van der Waals surface area contributed by atoms with Gasteiger partial charge in [-0.1, -0.05) is 16.9 Å². The summed E-state index contributed by atoms with van der Waals surface area (Å²) in [4.78, 5) is 48.7. The minimum atomic E-state index is -1.44. The number of carboxylic acids is 1. The number of aliphatic carboxylic acids is 1.